The van der Waals surface area contributed by atoms with Crippen LogP contribution in [0.1, 0.15) is 0 Å². The van der Waals surface area contributed by atoms with Crippen molar-refractivity contribution in [3.63, 3.8) is 0 Å². The highest BCUT2D eigenvalue weighted by Gasteiger charge is 2.22. The maximum atomic E-state index is 14.1. The Morgan fingerprint density at radius 1 is 1.22 bits per heavy atom. The van der Waals surface area contributed by atoms with E-state index in [1.165, 1.54) is 0 Å². The molecule has 1 saturated heterocycles. The second-order valence-electron chi connectivity index (χ2n) is 4.78. The van der Waals surface area contributed by atoms with Crippen molar-refractivity contribution in [2.45, 2.75) is 0 Å². The third-order valence-electron chi connectivity index (χ3n) is 3.58. The van der Waals surface area contributed by atoms with Crippen molar-refractivity contribution in [1.82, 2.24) is 5.32 Å². The second kappa shape index (κ2) is 4.65. The number of likely N-dealkylation sites (N-methyl/N-ethyl adjacent to an activating group) is 1. The summed E-state index contributed by atoms with van der Waals surface area (Å²) in [7, 11) is 1.97. The number of hydrogen-bond acceptors (Lipinski definition) is 4. The first-order valence-electron chi connectivity index (χ1n) is 6.39. The largest absolute Gasteiger partial charge is 0.486 e. The zero-order valence-electron chi connectivity index (χ0n) is 10.6. The van der Waals surface area contributed by atoms with Crippen LogP contribution in [0.3, 0.4) is 0 Å². The monoisotopic (exact) mass is 251 g/mol. The number of halogens is 1. The van der Waals surface area contributed by atoms with E-state index in [1.54, 1.807) is 6.07 Å². The maximum absolute atomic E-state index is 14.1. The van der Waals surface area contributed by atoms with Crippen LogP contribution in [-0.2, 0) is 0 Å². The first-order valence-corrected chi connectivity index (χ1v) is 6.39. The van der Waals surface area contributed by atoms with Gasteiger partial charge in [-0.25, -0.2) is 4.39 Å². The Morgan fingerprint density at radius 3 is 2.78 bits per heavy atom. The summed E-state index contributed by atoms with van der Waals surface area (Å²) in [6.45, 7) is 5.09. The van der Waals surface area contributed by atoms with Crippen LogP contribution in [0.2, 0.25) is 0 Å². The highest BCUT2D eigenvalue weighted by molar-refractivity contribution is 5.68. The van der Waals surface area contributed by atoms with Gasteiger partial charge in [0.05, 0.1) is 12.2 Å². The van der Waals surface area contributed by atoms with Crippen LogP contribution in [0.5, 0.6) is 5.75 Å². The zero-order valence-corrected chi connectivity index (χ0v) is 10.6. The van der Waals surface area contributed by atoms with Crippen molar-refractivity contribution in [2.75, 3.05) is 56.2 Å². The van der Waals surface area contributed by atoms with Crippen LogP contribution in [0.4, 0.5) is 15.8 Å². The summed E-state index contributed by atoms with van der Waals surface area (Å²) in [6, 6.07) is 3.62. The molecule has 0 unspecified atom stereocenters. The first kappa shape index (κ1) is 11.6. The lowest BCUT2D eigenvalue weighted by atomic mass is 10.2. The molecule has 4 nitrogen and oxygen atoms in total. The molecule has 0 spiro atoms. The van der Waals surface area contributed by atoms with E-state index in [1.807, 2.05) is 18.0 Å². The van der Waals surface area contributed by atoms with Crippen LogP contribution in [0.15, 0.2) is 12.1 Å². The van der Waals surface area contributed by atoms with E-state index in [4.69, 9.17) is 4.74 Å². The van der Waals surface area contributed by atoms with E-state index in [0.29, 0.717) is 12.4 Å². The fraction of sp³-hybridized carbons (Fsp3) is 0.538. The van der Waals surface area contributed by atoms with Gasteiger partial charge in [0.25, 0.3) is 0 Å². The Morgan fingerprint density at radius 2 is 2.00 bits per heavy atom. The fourth-order valence-corrected chi connectivity index (χ4v) is 2.50. The summed E-state index contributed by atoms with van der Waals surface area (Å²) in [6.07, 6.45) is 0. The van der Waals surface area contributed by atoms with Crippen molar-refractivity contribution in [3.8, 4) is 5.75 Å². The van der Waals surface area contributed by atoms with Gasteiger partial charge in [-0.15, -0.1) is 0 Å². The molecule has 1 N–H and O–H groups in total. The lowest BCUT2D eigenvalue weighted by Crippen LogP contribution is -2.43. The quantitative estimate of drug-likeness (QED) is 0.808. The minimum absolute atomic E-state index is 0.257. The molecule has 3 rings (SSSR count). The van der Waals surface area contributed by atoms with Gasteiger partial charge in [0.2, 0.25) is 0 Å². The first-order chi connectivity index (χ1) is 8.75. The Balaban J connectivity index is 1.96. The summed E-state index contributed by atoms with van der Waals surface area (Å²) in [5.74, 6) is 0.134. The smallest absolute Gasteiger partial charge is 0.178 e. The molecule has 18 heavy (non-hydrogen) atoms. The third-order valence-corrected chi connectivity index (χ3v) is 3.58. The molecule has 0 aromatic heterocycles. The Labute approximate surface area is 106 Å². The van der Waals surface area contributed by atoms with Gasteiger partial charge in [-0.1, -0.05) is 0 Å². The SMILES string of the molecule is CN1CCOc2c(F)cc(N3CCNCC3)cc21. The minimum Gasteiger partial charge on any atom is -0.486 e. The molecule has 0 aliphatic carbocycles. The van der Waals surface area contributed by atoms with E-state index >= 15 is 0 Å². The second-order valence-corrected chi connectivity index (χ2v) is 4.78. The molecule has 2 aliphatic rings. The molecule has 0 atom stereocenters. The zero-order chi connectivity index (χ0) is 12.5. The topological polar surface area (TPSA) is 27.7 Å². The summed E-state index contributed by atoms with van der Waals surface area (Å²) in [4.78, 5) is 4.26. The number of anilines is 2. The Hall–Kier alpha value is -1.49. The predicted molar refractivity (Wildman–Crippen MR) is 70.2 cm³/mol. The molecule has 0 bridgehead atoms. The molecule has 0 amide bonds. The van der Waals surface area contributed by atoms with Gasteiger partial charge in [0.15, 0.2) is 11.6 Å². The third kappa shape index (κ3) is 1.99. The number of piperazine rings is 1. The van der Waals surface area contributed by atoms with E-state index in [0.717, 1.165) is 44.1 Å². The molecule has 1 aromatic carbocycles. The number of fused-ring (bicyclic) bond motifs is 1. The van der Waals surface area contributed by atoms with Crippen molar-refractivity contribution in [2.24, 2.45) is 0 Å². The van der Waals surface area contributed by atoms with Gasteiger partial charge >= 0.3 is 0 Å². The molecule has 2 aliphatic heterocycles. The molecule has 0 saturated carbocycles. The molecular formula is C13H18FN3O. The van der Waals surface area contributed by atoms with Gasteiger partial charge in [-0.2, -0.15) is 0 Å². The molecule has 5 heteroatoms. The van der Waals surface area contributed by atoms with Gasteiger partial charge in [-0.3, -0.25) is 0 Å². The maximum Gasteiger partial charge on any atom is 0.178 e. The van der Waals surface area contributed by atoms with Crippen molar-refractivity contribution >= 4 is 11.4 Å². The lowest BCUT2D eigenvalue weighted by molar-refractivity contribution is 0.295. The van der Waals surface area contributed by atoms with Gasteiger partial charge < -0.3 is 19.9 Å². The molecule has 2 heterocycles. The summed E-state index contributed by atoms with van der Waals surface area (Å²) < 4.78 is 19.5. The molecule has 1 fully saturated rings. The number of nitrogens with zero attached hydrogens (tertiary/aromatic N) is 2. The average molecular weight is 251 g/mol. The summed E-state index contributed by atoms with van der Waals surface area (Å²) >= 11 is 0. The summed E-state index contributed by atoms with van der Waals surface area (Å²) in [5.41, 5.74) is 1.81. The van der Waals surface area contributed by atoms with E-state index < -0.39 is 0 Å². The number of hydrogen-bond donors (Lipinski definition) is 1. The number of nitrogens with one attached hydrogen (secondary N) is 1. The minimum atomic E-state index is -0.257. The van der Waals surface area contributed by atoms with Crippen LogP contribution in [0, 0.1) is 5.82 Å². The Kier molecular flexibility index (Phi) is 2.99. The standard InChI is InChI=1S/C13H18FN3O/c1-16-6-7-18-13-11(14)8-10(9-12(13)16)17-4-2-15-3-5-17/h8-9,15H,2-7H2,1H3. The van der Waals surface area contributed by atoms with Crippen LogP contribution in [-0.4, -0.2) is 46.4 Å². The lowest BCUT2D eigenvalue weighted by Gasteiger charge is -2.33. The van der Waals surface area contributed by atoms with E-state index in [-0.39, 0.29) is 5.82 Å². The Bertz CT molecular complexity index is 446. The van der Waals surface area contributed by atoms with Gasteiger partial charge in [-0.05, 0) is 6.07 Å². The van der Waals surface area contributed by atoms with E-state index in [9.17, 15) is 4.39 Å². The van der Waals surface area contributed by atoms with Crippen LogP contribution < -0.4 is 19.9 Å². The number of benzene rings is 1. The highest BCUT2D eigenvalue weighted by atomic mass is 19.1. The molecule has 1 aromatic rings. The fourth-order valence-electron chi connectivity index (χ4n) is 2.50. The molecule has 0 radical (unpaired) electrons. The highest BCUT2D eigenvalue weighted by Crippen LogP contribution is 2.37. The number of ether oxygens (including phenoxy) is 1. The predicted octanol–water partition coefficient (Wildman–Crippen LogP) is 1.06. The van der Waals surface area contributed by atoms with Crippen molar-refractivity contribution in [1.29, 1.82) is 0 Å². The van der Waals surface area contributed by atoms with Crippen molar-refractivity contribution < 1.29 is 9.13 Å². The van der Waals surface area contributed by atoms with E-state index in [2.05, 4.69) is 10.2 Å². The average Bonchev–Trinajstić information content (AvgIpc) is 2.41. The normalized spacial score (nSPS) is 19.4. The van der Waals surface area contributed by atoms with Crippen molar-refractivity contribution in [3.05, 3.63) is 17.9 Å². The molecular weight excluding hydrogens is 233 g/mol. The number of rotatable bonds is 1. The van der Waals surface area contributed by atoms with Crippen LogP contribution >= 0.6 is 0 Å². The molecule has 98 valence electrons. The summed E-state index contributed by atoms with van der Waals surface area (Å²) in [5, 5.41) is 3.30. The van der Waals surface area contributed by atoms with Crippen LogP contribution in [0.25, 0.3) is 0 Å². The van der Waals surface area contributed by atoms with Gasteiger partial charge in [0, 0.05) is 45.0 Å². The van der Waals surface area contributed by atoms with Gasteiger partial charge in [0.1, 0.15) is 6.61 Å².